The number of nitrogens with one attached hydrogen (secondary N) is 1. The molecule has 0 fully saturated rings. The molecule has 6 nitrogen and oxygen atoms in total. The molecular weight excluding hydrogens is 266 g/mol. The fourth-order valence-corrected chi connectivity index (χ4v) is 2.09. The predicted molar refractivity (Wildman–Crippen MR) is 83.6 cm³/mol. The van der Waals surface area contributed by atoms with Gasteiger partial charge in [0.15, 0.2) is 5.58 Å². The van der Waals surface area contributed by atoms with Crippen LogP contribution < -0.4 is 10.2 Å². The van der Waals surface area contributed by atoms with Gasteiger partial charge in [-0.1, -0.05) is 0 Å². The summed E-state index contributed by atoms with van der Waals surface area (Å²) < 4.78 is 7.62. The van der Waals surface area contributed by atoms with Crippen LogP contribution in [-0.2, 0) is 13.1 Å². The van der Waals surface area contributed by atoms with E-state index in [1.54, 1.807) is 0 Å². The normalized spacial score (nSPS) is 11.0. The minimum atomic E-state index is 0.617. The van der Waals surface area contributed by atoms with Gasteiger partial charge in [-0.25, -0.2) is 0 Å². The van der Waals surface area contributed by atoms with Gasteiger partial charge < -0.3 is 14.6 Å². The Morgan fingerprint density at radius 2 is 2.19 bits per heavy atom. The van der Waals surface area contributed by atoms with Crippen molar-refractivity contribution in [1.82, 2.24) is 14.8 Å². The Labute approximate surface area is 123 Å². The summed E-state index contributed by atoms with van der Waals surface area (Å²) in [5.41, 5.74) is 3.81. The van der Waals surface area contributed by atoms with E-state index in [9.17, 15) is 0 Å². The summed E-state index contributed by atoms with van der Waals surface area (Å²) in [6, 6.07) is 6.56. The Balaban J connectivity index is 1.74. The van der Waals surface area contributed by atoms with Gasteiger partial charge in [0.25, 0.3) is 6.01 Å². The topological polar surface area (TPSA) is 59.1 Å². The molecule has 0 aliphatic carbocycles. The monoisotopic (exact) mass is 285 g/mol. The second-order valence-electron chi connectivity index (χ2n) is 5.13. The van der Waals surface area contributed by atoms with E-state index < -0.39 is 0 Å². The highest BCUT2D eigenvalue weighted by atomic mass is 16.4. The summed E-state index contributed by atoms with van der Waals surface area (Å²) in [4.78, 5) is 6.26. The fourth-order valence-electron chi connectivity index (χ4n) is 2.09. The van der Waals surface area contributed by atoms with E-state index in [4.69, 9.17) is 4.42 Å². The zero-order valence-corrected chi connectivity index (χ0v) is 12.5. The molecule has 3 rings (SSSR count). The molecule has 0 unspecified atom stereocenters. The van der Waals surface area contributed by atoms with Crippen molar-refractivity contribution in [2.75, 3.05) is 24.3 Å². The van der Waals surface area contributed by atoms with Crippen LogP contribution in [0.5, 0.6) is 0 Å². The van der Waals surface area contributed by atoms with Crippen LogP contribution >= 0.6 is 0 Å². The van der Waals surface area contributed by atoms with Gasteiger partial charge in [-0.15, -0.1) is 0 Å². The van der Waals surface area contributed by atoms with Crippen LogP contribution in [0, 0.1) is 0 Å². The van der Waals surface area contributed by atoms with Crippen LogP contribution in [-0.4, -0.2) is 28.9 Å². The van der Waals surface area contributed by atoms with Crippen molar-refractivity contribution < 1.29 is 4.42 Å². The molecule has 21 heavy (non-hydrogen) atoms. The minimum absolute atomic E-state index is 0.617. The van der Waals surface area contributed by atoms with Crippen molar-refractivity contribution in [1.29, 1.82) is 0 Å². The molecule has 0 radical (unpaired) electrons. The predicted octanol–water partition coefficient (Wildman–Crippen LogP) is 2.72. The molecular formula is C15H19N5O. The lowest BCUT2D eigenvalue weighted by molar-refractivity contribution is 0.597. The van der Waals surface area contributed by atoms with Gasteiger partial charge in [0.1, 0.15) is 5.52 Å². The minimum Gasteiger partial charge on any atom is -0.423 e. The van der Waals surface area contributed by atoms with E-state index in [2.05, 4.69) is 22.3 Å². The molecule has 110 valence electrons. The Bertz CT molecular complexity index is 743. The highest BCUT2D eigenvalue weighted by molar-refractivity contribution is 5.78. The van der Waals surface area contributed by atoms with Gasteiger partial charge in [-0.2, -0.15) is 10.1 Å². The molecule has 0 atom stereocenters. The maximum absolute atomic E-state index is 5.70. The fraction of sp³-hybridized carbons (Fsp3) is 0.333. The molecule has 0 spiro atoms. The molecule has 0 amide bonds. The number of anilines is 2. The van der Waals surface area contributed by atoms with Crippen molar-refractivity contribution in [3.05, 3.63) is 36.2 Å². The summed E-state index contributed by atoms with van der Waals surface area (Å²) >= 11 is 0. The first kappa shape index (κ1) is 13.5. The number of benzene rings is 1. The second kappa shape index (κ2) is 5.47. The van der Waals surface area contributed by atoms with Crippen molar-refractivity contribution in [2.45, 2.75) is 20.0 Å². The van der Waals surface area contributed by atoms with Gasteiger partial charge in [0, 0.05) is 50.7 Å². The van der Waals surface area contributed by atoms with Gasteiger partial charge in [-0.3, -0.25) is 4.68 Å². The first-order chi connectivity index (χ1) is 10.2. The number of hydrogen-bond acceptors (Lipinski definition) is 5. The number of rotatable bonds is 5. The number of oxazole rings is 1. The van der Waals surface area contributed by atoms with Crippen molar-refractivity contribution in [2.24, 2.45) is 0 Å². The number of aryl methyl sites for hydroxylation is 1. The van der Waals surface area contributed by atoms with Gasteiger partial charge in [0.05, 0.1) is 6.20 Å². The average molecular weight is 285 g/mol. The Kier molecular flexibility index (Phi) is 3.51. The van der Waals surface area contributed by atoms with E-state index in [-0.39, 0.29) is 0 Å². The average Bonchev–Trinajstić information content (AvgIpc) is 3.11. The summed E-state index contributed by atoms with van der Waals surface area (Å²) in [7, 11) is 3.82. The summed E-state index contributed by atoms with van der Waals surface area (Å²) in [6.45, 7) is 3.70. The van der Waals surface area contributed by atoms with Crippen LogP contribution in [0.25, 0.3) is 11.1 Å². The lowest BCUT2D eigenvalue weighted by Gasteiger charge is -2.04. The van der Waals surface area contributed by atoms with Gasteiger partial charge >= 0.3 is 0 Å². The zero-order valence-electron chi connectivity index (χ0n) is 12.5. The van der Waals surface area contributed by atoms with Gasteiger partial charge in [-0.05, 0) is 19.1 Å². The highest BCUT2D eigenvalue weighted by Crippen LogP contribution is 2.23. The molecule has 1 N–H and O–H groups in total. The first-order valence-electron chi connectivity index (χ1n) is 6.99. The maximum Gasteiger partial charge on any atom is 0.297 e. The van der Waals surface area contributed by atoms with Crippen LogP contribution in [0.15, 0.2) is 35.0 Å². The van der Waals surface area contributed by atoms with E-state index in [1.807, 2.05) is 54.3 Å². The van der Waals surface area contributed by atoms with E-state index in [0.29, 0.717) is 6.01 Å². The van der Waals surface area contributed by atoms with Crippen LogP contribution in [0.3, 0.4) is 0 Å². The largest absolute Gasteiger partial charge is 0.423 e. The van der Waals surface area contributed by atoms with Gasteiger partial charge in [0.2, 0.25) is 0 Å². The van der Waals surface area contributed by atoms with Crippen LogP contribution in [0.2, 0.25) is 0 Å². The maximum atomic E-state index is 5.70. The van der Waals surface area contributed by atoms with E-state index in [0.717, 1.165) is 35.4 Å². The van der Waals surface area contributed by atoms with E-state index in [1.165, 1.54) is 0 Å². The van der Waals surface area contributed by atoms with Crippen molar-refractivity contribution in [3.63, 3.8) is 0 Å². The molecule has 0 saturated carbocycles. The number of fused-ring (bicyclic) bond motifs is 1. The Morgan fingerprint density at radius 1 is 1.33 bits per heavy atom. The summed E-state index contributed by atoms with van der Waals surface area (Å²) in [5.74, 6) is 0. The highest BCUT2D eigenvalue weighted by Gasteiger charge is 2.08. The molecule has 0 bridgehead atoms. The molecule has 0 aliphatic rings. The molecule has 0 aliphatic heterocycles. The van der Waals surface area contributed by atoms with E-state index >= 15 is 0 Å². The lowest BCUT2D eigenvalue weighted by atomic mass is 10.2. The van der Waals surface area contributed by atoms with Crippen molar-refractivity contribution >= 4 is 22.8 Å². The lowest BCUT2D eigenvalue weighted by Crippen LogP contribution is -2.08. The molecule has 0 saturated heterocycles. The molecule has 2 heterocycles. The molecule has 6 heteroatoms. The Morgan fingerprint density at radius 3 is 2.90 bits per heavy atom. The first-order valence-corrected chi connectivity index (χ1v) is 6.99. The number of hydrogen-bond donors (Lipinski definition) is 1. The third kappa shape index (κ3) is 2.84. The third-order valence-corrected chi connectivity index (χ3v) is 3.27. The third-order valence-electron chi connectivity index (χ3n) is 3.27. The van der Waals surface area contributed by atoms with Crippen molar-refractivity contribution in [3.8, 4) is 0 Å². The summed E-state index contributed by atoms with van der Waals surface area (Å²) in [6.07, 6.45) is 3.93. The molecule has 2 aromatic heterocycles. The SMILES string of the molecule is CCn1cc(CNc2ccc3nc(N(C)C)oc3c2)cn1. The van der Waals surface area contributed by atoms with Crippen LogP contribution in [0.4, 0.5) is 11.7 Å². The Hall–Kier alpha value is -2.50. The quantitative estimate of drug-likeness (QED) is 0.781. The van der Waals surface area contributed by atoms with Crippen LogP contribution in [0.1, 0.15) is 12.5 Å². The number of nitrogens with zero attached hydrogens (tertiary/aromatic N) is 4. The summed E-state index contributed by atoms with van der Waals surface area (Å²) in [5, 5.41) is 7.64. The second-order valence-corrected chi connectivity index (χ2v) is 5.13. The standard InChI is InChI=1S/C15H19N5O/c1-4-20-10-11(9-17-20)8-16-12-5-6-13-14(7-12)21-15(18-13)19(2)3/h5-7,9-10,16H,4,8H2,1-3H3. The smallest absolute Gasteiger partial charge is 0.297 e. The number of aromatic nitrogens is 3. The molecule has 3 aromatic rings. The zero-order chi connectivity index (χ0) is 14.8. The molecule has 1 aromatic carbocycles.